The molecule has 0 amide bonds. The zero-order valence-corrected chi connectivity index (χ0v) is 6.46. The Morgan fingerprint density at radius 3 is 2.18 bits per heavy atom. The third-order valence-corrected chi connectivity index (χ3v) is 1.12. The van der Waals surface area contributed by atoms with Crippen molar-refractivity contribution in [2.75, 3.05) is 0 Å². The summed E-state index contributed by atoms with van der Waals surface area (Å²) in [5.74, 6) is -0.165. The Balaban J connectivity index is 4.50. The summed E-state index contributed by atoms with van der Waals surface area (Å²) in [6.07, 6.45) is 2.53. The second-order valence-electron chi connectivity index (χ2n) is 2.37. The van der Waals surface area contributed by atoms with Crippen molar-refractivity contribution >= 4 is 5.78 Å². The third-order valence-electron chi connectivity index (χ3n) is 1.12. The van der Waals surface area contributed by atoms with Crippen LogP contribution in [0.25, 0.3) is 0 Å². The van der Waals surface area contributed by atoms with Crippen LogP contribution >= 0.6 is 0 Å². The monoisotopic (exact) mass is 148 g/mol. The lowest BCUT2D eigenvalue weighted by atomic mass is 9.94. The molecule has 0 fully saturated rings. The van der Waals surface area contributed by atoms with Gasteiger partial charge in [0, 0.05) is 0 Å². The van der Waals surface area contributed by atoms with Crippen molar-refractivity contribution < 1.29 is 4.79 Å². The van der Waals surface area contributed by atoms with Gasteiger partial charge in [-0.05, 0) is 26.0 Å². The summed E-state index contributed by atoms with van der Waals surface area (Å²) in [4.78, 5) is 10.4. The van der Waals surface area contributed by atoms with Gasteiger partial charge in [0.1, 0.15) is 0 Å². The predicted octanol–water partition coefficient (Wildman–Crippen LogP) is 1.19. The fraction of sp³-hybridized carbons (Fsp3) is 0.375. The summed E-state index contributed by atoms with van der Waals surface area (Å²) in [6.45, 7) is 2.82. The number of hydrogen-bond acceptors (Lipinski definition) is 3. The lowest BCUT2D eigenvalue weighted by molar-refractivity contribution is -0.112. The summed E-state index contributed by atoms with van der Waals surface area (Å²) in [6, 6.07) is 3.57. The highest BCUT2D eigenvalue weighted by atomic mass is 16.1. The summed E-state index contributed by atoms with van der Waals surface area (Å²) in [5.41, 5.74) is -1.17. The first kappa shape index (κ1) is 9.39. The number of nitriles is 2. The maximum Gasteiger partial charge on any atom is 0.159 e. The van der Waals surface area contributed by atoms with E-state index < -0.39 is 5.41 Å². The minimum Gasteiger partial charge on any atom is -0.295 e. The first-order valence-corrected chi connectivity index (χ1v) is 3.06. The maximum atomic E-state index is 10.4. The second kappa shape index (κ2) is 3.53. The van der Waals surface area contributed by atoms with Gasteiger partial charge in [0.15, 0.2) is 11.2 Å². The molecule has 0 aromatic heterocycles. The molecule has 0 heterocycles. The van der Waals surface area contributed by atoms with Crippen molar-refractivity contribution in [3.63, 3.8) is 0 Å². The first-order chi connectivity index (χ1) is 5.04. The summed E-state index contributed by atoms with van der Waals surface area (Å²) >= 11 is 0. The number of carbonyl (C=O) groups is 1. The van der Waals surface area contributed by atoms with Gasteiger partial charge in [-0.15, -0.1) is 0 Å². The van der Waals surface area contributed by atoms with E-state index in [9.17, 15) is 4.79 Å². The van der Waals surface area contributed by atoms with Gasteiger partial charge in [0.2, 0.25) is 0 Å². The van der Waals surface area contributed by atoms with Crippen LogP contribution < -0.4 is 0 Å². The molecule has 0 aliphatic heterocycles. The second-order valence-corrected chi connectivity index (χ2v) is 2.37. The molecular weight excluding hydrogens is 140 g/mol. The van der Waals surface area contributed by atoms with Crippen molar-refractivity contribution in [3.8, 4) is 12.1 Å². The average Bonchev–Trinajstić information content (AvgIpc) is 2.00. The first-order valence-electron chi connectivity index (χ1n) is 3.06. The van der Waals surface area contributed by atoms with Gasteiger partial charge < -0.3 is 0 Å². The van der Waals surface area contributed by atoms with Gasteiger partial charge in [-0.3, -0.25) is 4.79 Å². The maximum absolute atomic E-state index is 10.4. The number of allylic oxidation sites excluding steroid dienone is 2. The standard InChI is InChI=1S/C8H8N2O/c1-7(11)3-4-8(2,5-9)6-10/h3-4H,1-2H3/b4-3-. The van der Waals surface area contributed by atoms with Gasteiger partial charge in [0.25, 0.3) is 0 Å². The van der Waals surface area contributed by atoms with Gasteiger partial charge in [-0.25, -0.2) is 0 Å². The van der Waals surface area contributed by atoms with Crippen LogP contribution in [0.15, 0.2) is 12.2 Å². The fourth-order valence-corrected chi connectivity index (χ4v) is 0.384. The average molecular weight is 148 g/mol. The number of carbonyl (C=O) groups excluding carboxylic acids is 1. The van der Waals surface area contributed by atoms with Crippen molar-refractivity contribution in [1.29, 1.82) is 10.5 Å². The molecule has 0 aromatic rings. The Bertz CT molecular complexity index is 251. The fourth-order valence-electron chi connectivity index (χ4n) is 0.384. The molecule has 0 saturated heterocycles. The van der Waals surface area contributed by atoms with E-state index >= 15 is 0 Å². The lowest BCUT2D eigenvalue weighted by Gasteiger charge is -2.02. The quantitative estimate of drug-likeness (QED) is 0.552. The molecule has 3 heteroatoms. The zero-order valence-electron chi connectivity index (χ0n) is 6.46. The summed E-state index contributed by atoms with van der Waals surface area (Å²) in [7, 11) is 0. The molecule has 11 heavy (non-hydrogen) atoms. The van der Waals surface area contributed by atoms with Crippen LogP contribution in [-0.4, -0.2) is 5.78 Å². The Labute approximate surface area is 65.6 Å². The van der Waals surface area contributed by atoms with Gasteiger partial charge in [-0.2, -0.15) is 10.5 Å². The molecule has 0 bridgehead atoms. The molecule has 0 aromatic carbocycles. The topological polar surface area (TPSA) is 64.7 Å². The van der Waals surface area contributed by atoms with Crippen LogP contribution in [0.5, 0.6) is 0 Å². The molecule has 3 nitrogen and oxygen atoms in total. The number of nitrogens with zero attached hydrogens (tertiary/aromatic N) is 2. The van der Waals surface area contributed by atoms with Gasteiger partial charge >= 0.3 is 0 Å². The van der Waals surface area contributed by atoms with Crippen molar-refractivity contribution in [3.05, 3.63) is 12.2 Å². The lowest BCUT2D eigenvalue weighted by Crippen LogP contribution is -2.06. The van der Waals surface area contributed by atoms with Crippen molar-refractivity contribution in [2.45, 2.75) is 13.8 Å². The molecule has 0 radical (unpaired) electrons. The normalized spacial score (nSPS) is 10.5. The van der Waals surface area contributed by atoms with Gasteiger partial charge in [0.05, 0.1) is 12.1 Å². The van der Waals surface area contributed by atoms with Crippen molar-refractivity contribution in [1.82, 2.24) is 0 Å². The molecule has 0 aliphatic carbocycles. The van der Waals surface area contributed by atoms with Crippen LogP contribution in [0.2, 0.25) is 0 Å². The Morgan fingerprint density at radius 2 is 1.91 bits per heavy atom. The largest absolute Gasteiger partial charge is 0.295 e. The molecule has 0 spiro atoms. The Hall–Kier alpha value is -1.61. The summed E-state index contributed by atoms with van der Waals surface area (Å²) < 4.78 is 0. The molecule has 0 aliphatic rings. The highest BCUT2D eigenvalue weighted by Gasteiger charge is 2.18. The van der Waals surface area contributed by atoms with E-state index in [4.69, 9.17) is 10.5 Å². The minimum absolute atomic E-state index is 0.165. The number of ketones is 1. The van der Waals surface area contributed by atoms with E-state index in [0.29, 0.717) is 0 Å². The number of hydrogen-bond donors (Lipinski definition) is 0. The van der Waals surface area contributed by atoms with Crippen LogP contribution in [0.4, 0.5) is 0 Å². The highest BCUT2D eigenvalue weighted by Crippen LogP contribution is 2.14. The van der Waals surface area contributed by atoms with E-state index in [-0.39, 0.29) is 5.78 Å². The predicted molar refractivity (Wildman–Crippen MR) is 39.2 cm³/mol. The molecule has 0 atom stereocenters. The molecule has 0 saturated carbocycles. The van der Waals surface area contributed by atoms with Crippen LogP contribution in [-0.2, 0) is 4.79 Å². The number of rotatable bonds is 2. The smallest absolute Gasteiger partial charge is 0.159 e. The van der Waals surface area contributed by atoms with E-state index in [2.05, 4.69) is 0 Å². The van der Waals surface area contributed by atoms with Crippen LogP contribution in [0.3, 0.4) is 0 Å². The SMILES string of the molecule is CC(=O)/C=C\C(C)(C#N)C#N. The van der Waals surface area contributed by atoms with E-state index in [0.717, 1.165) is 0 Å². The molecule has 0 unspecified atom stereocenters. The molecule has 0 rings (SSSR count). The summed E-state index contributed by atoms with van der Waals surface area (Å²) in [5, 5.41) is 16.9. The van der Waals surface area contributed by atoms with E-state index in [1.165, 1.54) is 26.0 Å². The van der Waals surface area contributed by atoms with E-state index in [1.54, 1.807) is 12.1 Å². The molecule has 56 valence electrons. The molecule has 0 N–H and O–H groups in total. The van der Waals surface area contributed by atoms with Crippen molar-refractivity contribution in [2.24, 2.45) is 5.41 Å². The third kappa shape index (κ3) is 3.17. The Kier molecular flexibility index (Phi) is 3.01. The highest BCUT2D eigenvalue weighted by molar-refractivity contribution is 5.87. The van der Waals surface area contributed by atoms with E-state index in [1.807, 2.05) is 0 Å². The Morgan fingerprint density at radius 1 is 1.45 bits per heavy atom. The van der Waals surface area contributed by atoms with Crippen LogP contribution in [0, 0.1) is 28.1 Å². The van der Waals surface area contributed by atoms with Gasteiger partial charge in [-0.1, -0.05) is 0 Å². The van der Waals surface area contributed by atoms with Crippen LogP contribution in [0.1, 0.15) is 13.8 Å². The minimum atomic E-state index is -1.17. The molecular formula is C8H8N2O. The zero-order chi connectivity index (χ0) is 8.91.